The molecule has 2 saturated heterocycles. The first-order valence-corrected chi connectivity index (χ1v) is 25.3. The number of carbonyl (C=O) groups is 3. The van der Waals surface area contributed by atoms with Crippen molar-refractivity contribution in [1.29, 1.82) is 0 Å². The van der Waals surface area contributed by atoms with Crippen molar-refractivity contribution in [1.82, 2.24) is 24.7 Å². The van der Waals surface area contributed by atoms with Crippen LogP contribution >= 0.6 is 0 Å². The minimum Gasteiger partial charge on any atom is -0.463 e. The lowest BCUT2D eigenvalue weighted by Crippen LogP contribution is -2.68. The van der Waals surface area contributed by atoms with Crippen LogP contribution in [0.3, 0.4) is 0 Å². The van der Waals surface area contributed by atoms with E-state index in [2.05, 4.69) is 14.8 Å². The number of nitrogens with one attached hydrogen (secondary N) is 3. The largest absolute Gasteiger partial charge is 0.463 e. The van der Waals surface area contributed by atoms with Gasteiger partial charge in [0.15, 0.2) is 16.1 Å². The number of hydrogen-bond donors (Lipinski definition) is 7. The van der Waals surface area contributed by atoms with Gasteiger partial charge < -0.3 is 54.3 Å². The smallest absolute Gasteiger partial charge is 0.431 e. The molecule has 1 aliphatic carbocycles. The zero-order valence-corrected chi connectivity index (χ0v) is 42.1. The Hall–Kier alpha value is -5.41. The summed E-state index contributed by atoms with van der Waals surface area (Å²) in [6.45, 7) is 9.47. The Labute approximate surface area is 414 Å². The van der Waals surface area contributed by atoms with E-state index in [0.29, 0.717) is 5.06 Å². The lowest BCUT2D eigenvalue weighted by atomic mass is 9.85. The molecule has 1 unspecified atom stereocenters. The molecule has 0 spiro atoms. The van der Waals surface area contributed by atoms with Gasteiger partial charge in [-0.2, -0.15) is 5.06 Å². The van der Waals surface area contributed by atoms with Gasteiger partial charge in [-0.3, -0.25) is 20.2 Å². The molecule has 402 valence electrons. The zero-order chi connectivity index (χ0) is 53.9. The number of nitrogens with zero attached hydrogens (tertiary/aromatic N) is 4. The number of likely N-dealkylation sites (N-methyl/N-ethyl adjacent to an activating group) is 1. The van der Waals surface area contributed by atoms with Gasteiger partial charge in [0, 0.05) is 25.7 Å². The molecule has 2 aromatic carbocycles. The summed E-state index contributed by atoms with van der Waals surface area (Å²) < 4.78 is 87.9. The van der Waals surface area contributed by atoms with E-state index in [1.165, 1.54) is 59.0 Å². The van der Waals surface area contributed by atoms with Crippen LogP contribution in [0.5, 0.6) is 0 Å². The lowest BCUT2D eigenvalue weighted by Gasteiger charge is -2.49. The molecule has 1 saturated carbocycles. The average Bonchev–Trinajstić information content (AvgIpc) is 3.25. The van der Waals surface area contributed by atoms with Crippen molar-refractivity contribution in [3.63, 3.8) is 0 Å². The first-order chi connectivity index (χ1) is 33.2. The fourth-order valence-corrected chi connectivity index (χ4v) is 11.0. The maximum atomic E-state index is 13.9. The van der Waals surface area contributed by atoms with E-state index in [-0.39, 0.29) is 12.8 Å². The lowest BCUT2D eigenvalue weighted by molar-refractivity contribution is -0.388. The Bertz CT molecular complexity index is 2540. The number of para-hydroxylation sites is 2. The SMILES string of the molecule is CN(C(=O)OC(C)(C)C)[C@@H]1[C@@H](O)[C@@H](ON(C(=O)O)C2C[C@H](NC(=O)OC(C)(C)C)[C@@H](O[C@H]3O[C@H](CNS(=O)(=O)c4ccccc4[N+](=O)[O-])CC[C@H]3NS(=O)(=O)c3ccccc3[N+](=O)[O-])[C@@H](O)C2)OC[C@]1(C)O. The molecule has 0 aromatic heterocycles. The van der Waals surface area contributed by atoms with Crippen LogP contribution in [0, 0.1) is 20.2 Å². The Morgan fingerprint density at radius 1 is 0.847 bits per heavy atom. The molecule has 0 bridgehead atoms. The number of sulfonamides is 2. The van der Waals surface area contributed by atoms with Crippen LogP contribution in [0.1, 0.15) is 74.1 Å². The number of aliphatic hydroxyl groups excluding tert-OH is 2. The van der Waals surface area contributed by atoms with Crippen LogP contribution < -0.4 is 14.8 Å². The molecule has 7 N–H and O–H groups in total. The van der Waals surface area contributed by atoms with Gasteiger partial charge in [-0.15, -0.1) is 0 Å². The maximum Gasteiger partial charge on any atom is 0.431 e. The molecule has 30 heteroatoms. The summed E-state index contributed by atoms with van der Waals surface area (Å²) in [5.41, 5.74) is -5.55. The number of amides is 3. The molecule has 3 fully saturated rings. The molecule has 2 aromatic rings. The number of carbonyl (C=O) groups excluding carboxylic acids is 2. The molecule has 0 radical (unpaired) electrons. The van der Waals surface area contributed by atoms with E-state index in [4.69, 9.17) is 28.5 Å². The monoisotopic (exact) mass is 1060 g/mol. The fraction of sp³-hybridized carbons (Fsp3) is 0.643. The highest BCUT2D eigenvalue weighted by Gasteiger charge is 2.53. The third-order valence-electron chi connectivity index (χ3n) is 11.4. The van der Waals surface area contributed by atoms with E-state index in [1.807, 2.05) is 0 Å². The number of nitro groups is 2. The fourth-order valence-electron chi connectivity index (χ4n) is 8.33. The first-order valence-electron chi connectivity index (χ1n) is 22.4. The maximum absolute atomic E-state index is 13.9. The topological polar surface area (TPSA) is 385 Å². The quantitative estimate of drug-likeness (QED) is 0.0934. The third kappa shape index (κ3) is 14.4. The highest BCUT2D eigenvalue weighted by atomic mass is 32.2. The molecule has 3 aliphatic rings. The summed E-state index contributed by atoms with van der Waals surface area (Å²) >= 11 is 0. The molecule has 3 amide bonds. The predicted octanol–water partition coefficient (Wildman–Crippen LogP) is 2.05. The van der Waals surface area contributed by atoms with E-state index >= 15 is 0 Å². The molecule has 5 rings (SSSR count). The number of hydrogen-bond acceptors (Lipinski definition) is 20. The van der Waals surface area contributed by atoms with E-state index in [9.17, 15) is 71.9 Å². The van der Waals surface area contributed by atoms with E-state index in [0.717, 1.165) is 29.2 Å². The second-order valence-corrected chi connectivity index (χ2v) is 23.0. The molecule has 2 aliphatic heterocycles. The van der Waals surface area contributed by atoms with Gasteiger partial charge in [-0.1, -0.05) is 24.3 Å². The summed E-state index contributed by atoms with van der Waals surface area (Å²) in [6.07, 6.45) is -15.5. The Morgan fingerprint density at radius 2 is 1.40 bits per heavy atom. The van der Waals surface area contributed by atoms with Crippen LogP contribution in [0.15, 0.2) is 58.3 Å². The van der Waals surface area contributed by atoms with Gasteiger partial charge in [-0.25, -0.2) is 45.5 Å². The van der Waals surface area contributed by atoms with Crippen LogP contribution in [-0.2, 0) is 48.6 Å². The van der Waals surface area contributed by atoms with Crippen molar-refractivity contribution in [3.8, 4) is 0 Å². The second kappa shape index (κ2) is 22.4. The van der Waals surface area contributed by atoms with Crippen molar-refractivity contribution >= 4 is 49.7 Å². The normalized spacial score (nSPS) is 28.3. The summed E-state index contributed by atoms with van der Waals surface area (Å²) in [7, 11) is -8.16. The Kier molecular flexibility index (Phi) is 17.9. The number of alkyl carbamates (subject to hydrolysis) is 1. The summed E-state index contributed by atoms with van der Waals surface area (Å²) in [4.78, 5) is 66.4. The van der Waals surface area contributed by atoms with Crippen LogP contribution in [0.25, 0.3) is 0 Å². The van der Waals surface area contributed by atoms with Gasteiger partial charge >= 0.3 is 18.3 Å². The molecule has 72 heavy (non-hydrogen) atoms. The van der Waals surface area contributed by atoms with Crippen molar-refractivity contribution < 1.29 is 90.0 Å². The average molecular weight is 1060 g/mol. The minimum absolute atomic E-state index is 0.123. The van der Waals surface area contributed by atoms with E-state index in [1.54, 1.807) is 20.8 Å². The van der Waals surface area contributed by atoms with Crippen LogP contribution in [0.4, 0.5) is 25.8 Å². The molecule has 11 atom stereocenters. The number of ether oxygens (including phenoxy) is 5. The summed E-state index contributed by atoms with van der Waals surface area (Å²) in [6, 6.07) is 3.06. The standard InChI is InChI=1S/C42H61N7O21S2/c1-40(2,3)68-37(52)44-26-19-23(47(38(53)54)70-36-32(51)34(42(7,56)22-65-36)46(8)39(55)69-41(4,5)6)20-29(50)33(26)67-35-25(45-72(63,64)31-16-12-10-14-28(31)49(59)60)18-17-24(66-35)21-43-71(61,62)30-15-11-9-13-27(30)48(57)58/h9-16,23-26,29,32-36,43,45,50-51,56H,17-22H2,1-8H3,(H,44,52)(H,53,54)/t23?,24-,25+,26-,29-,32+,33+,34+,35+,36+,42-/m0/s1. The number of benzene rings is 2. The third-order valence-corrected chi connectivity index (χ3v) is 14.4. The van der Waals surface area contributed by atoms with Crippen molar-refractivity contribution in [2.45, 2.75) is 162 Å². The van der Waals surface area contributed by atoms with Crippen LogP contribution in [-0.4, -0.2) is 174 Å². The highest BCUT2D eigenvalue weighted by Crippen LogP contribution is 2.35. The minimum atomic E-state index is -4.80. The Morgan fingerprint density at radius 3 is 1.94 bits per heavy atom. The molecular weight excluding hydrogens is 1000 g/mol. The first kappa shape index (κ1) is 57.5. The summed E-state index contributed by atoms with van der Waals surface area (Å²) in [5.74, 6) is 0. The molecule has 28 nitrogen and oxygen atoms in total. The van der Waals surface area contributed by atoms with Crippen molar-refractivity contribution in [2.24, 2.45) is 0 Å². The second-order valence-electron chi connectivity index (χ2n) is 19.6. The van der Waals surface area contributed by atoms with Gasteiger partial charge in [0.05, 0.1) is 52.8 Å². The molecular formula is C42H61N7O21S2. The van der Waals surface area contributed by atoms with Gasteiger partial charge in [0.1, 0.15) is 29.0 Å². The number of hydroxylamine groups is 2. The van der Waals surface area contributed by atoms with Gasteiger partial charge in [0.2, 0.25) is 26.3 Å². The zero-order valence-electron chi connectivity index (χ0n) is 40.5. The van der Waals surface area contributed by atoms with E-state index < -0.39 is 173 Å². The number of nitro benzene ring substituents is 2. The summed E-state index contributed by atoms with van der Waals surface area (Å²) in [5, 5.41) is 71.5. The van der Waals surface area contributed by atoms with Crippen molar-refractivity contribution in [2.75, 3.05) is 20.2 Å². The van der Waals surface area contributed by atoms with Crippen molar-refractivity contribution in [3.05, 3.63) is 68.8 Å². The molecule has 2 heterocycles. The predicted molar refractivity (Wildman–Crippen MR) is 246 cm³/mol. The van der Waals surface area contributed by atoms with Crippen LogP contribution in [0.2, 0.25) is 0 Å². The van der Waals surface area contributed by atoms with Gasteiger partial charge in [-0.05, 0) is 86.3 Å². The van der Waals surface area contributed by atoms with Gasteiger partial charge in [0.25, 0.3) is 11.4 Å². The number of aliphatic hydroxyl groups is 3. The highest BCUT2D eigenvalue weighted by molar-refractivity contribution is 7.90. The number of rotatable bonds is 16. The Balaban J connectivity index is 1.46. The number of carboxylic acid groups (broad SMARTS) is 1.